The van der Waals surface area contributed by atoms with Crippen molar-refractivity contribution < 1.29 is 4.79 Å². The lowest BCUT2D eigenvalue weighted by molar-refractivity contribution is -0.117. The number of rotatable bonds is 6. The van der Waals surface area contributed by atoms with Gasteiger partial charge in [-0.1, -0.05) is 71.2 Å². The lowest BCUT2D eigenvalue weighted by Gasteiger charge is -2.26. The summed E-state index contributed by atoms with van der Waals surface area (Å²) in [7, 11) is 0. The zero-order chi connectivity index (χ0) is 17.4. The molecule has 1 atom stereocenters. The summed E-state index contributed by atoms with van der Waals surface area (Å²) in [6, 6.07) is 13.1. The predicted octanol–water partition coefficient (Wildman–Crippen LogP) is 3.70. The fraction of sp³-hybridized carbons (Fsp3) is 0.176. The molecule has 0 aliphatic rings. The van der Waals surface area contributed by atoms with Crippen LogP contribution >= 0.6 is 34.8 Å². The van der Waals surface area contributed by atoms with Gasteiger partial charge in [0.05, 0.1) is 0 Å². The molecule has 0 aliphatic heterocycles. The van der Waals surface area contributed by atoms with Crippen molar-refractivity contribution in [2.24, 2.45) is 0 Å². The van der Waals surface area contributed by atoms with Crippen molar-refractivity contribution in [3.8, 4) is 0 Å². The molecular weight excluding hydrogens is 369 g/mol. The third-order valence-corrected chi connectivity index (χ3v) is 3.73. The lowest BCUT2D eigenvalue weighted by atomic mass is 10.2. The van der Waals surface area contributed by atoms with Crippen molar-refractivity contribution in [1.29, 1.82) is 0 Å². The van der Waals surface area contributed by atoms with Crippen LogP contribution in [0.15, 0.2) is 60.9 Å². The van der Waals surface area contributed by atoms with Crippen LogP contribution in [-0.2, 0) is 11.3 Å². The Morgan fingerprint density at radius 1 is 1.17 bits per heavy atom. The molecule has 0 spiro atoms. The van der Waals surface area contributed by atoms with Crippen molar-refractivity contribution in [3.05, 3.63) is 72.1 Å². The highest BCUT2D eigenvalue weighted by Gasteiger charge is 2.33. The highest BCUT2D eigenvalue weighted by atomic mass is 35.6. The predicted molar refractivity (Wildman–Crippen MR) is 98.8 cm³/mol. The van der Waals surface area contributed by atoms with Crippen LogP contribution in [0.4, 0.5) is 0 Å². The van der Waals surface area contributed by atoms with Gasteiger partial charge in [0.2, 0.25) is 9.70 Å². The van der Waals surface area contributed by atoms with Crippen LogP contribution in [0, 0.1) is 0 Å². The lowest BCUT2D eigenvalue weighted by Crippen LogP contribution is -2.52. The third-order valence-electron chi connectivity index (χ3n) is 3.07. The average Bonchev–Trinajstić information content (AvgIpc) is 2.57. The third kappa shape index (κ3) is 6.49. The zero-order valence-electron chi connectivity index (χ0n) is 12.6. The minimum atomic E-state index is -1.70. The van der Waals surface area contributed by atoms with Crippen LogP contribution in [0.25, 0.3) is 6.08 Å². The van der Waals surface area contributed by atoms with Crippen LogP contribution in [0.5, 0.6) is 0 Å². The largest absolute Gasteiger partial charge is 0.333 e. The van der Waals surface area contributed by atoms with Gasteiger partial charge in [-0.3, -0.25) is 15.1 Å². The molecule has 0 bridgehead atoms. The van der Waals surface area contributed by atoms with Gasteiger partial charge in [-0.15, -0.1) is 0 Å². The molecule has 0 saturated heterocycles. The Labute approximate surface area is 155 Å². The van der Waals surface area contributed by atoms with Crippen LogP contribution in [0.2, 0.25) is 0 Å². The number of aromatic nitrogens is 1. The van der Waals surface area contributed by atoms with Gasteiger partial charge in [-0.05, 0) is 23.3 Å². The number of carbonyl (C=O) groups excluding carboxylic acids is 1. The molecule has 0 aliphatic carbocycles. The summed E-state index contributed by atoms with van der Waals surface area (Å²) in [5.74, 6) is -0.367. The summed E-state index contributed by atoms with van der Waals surface area (Å²) < 4.78 is -1.70. The summed E-state index contributed by atoms with van der Waals surface area (Å²) in [5.41, 5.74) is 1.81. The van der Waals surface area contributed by atoms with Gasteiger partial charge < -0.3 is 5.32 Å². The smallest absolute Gasteiger partial charge is 0.245 e. The van der Waals surface area contributed by atoms with E-state index in [1.54, 1.807) is 18.5 Å². The number of alkyl halides is 3. The molecule has 126 valence electrons. The van der Waals surface area contributed by atoms with Crippen molar-refractivity contribution in [1.82, 2.24) is 15.6 Å². The van der Waals surface area contributed by atoms with Gasteiger partial charge in [-0.25, -0.2) is 0 Å². The van der Waals surface area contributed by atoms with Gasteiger partial charge >= 0.3 is 0 Å². The first-order chi connectivity index (χ1) is 11.4. The molecule has 0 fully saturated rings. The fourth-order valence-corrected chi connectivity index (χ4v) is 2.29. The maximum absolute atomic E-state index is 12.1. The zero-order valence-corrected chi connectivity index (χ0v) is 14.9. The quantitative estimate of drug-likeness (QED) is 0.454. The summed E-state index contributed by atoms with van der Waals surface area (Å²) in [6.07, 6.45) is 5.60. The van der Waals surface area contributed by atoms with Gasteiger partial charge in [0.15, 0.2) is 0 Å². The molecule has 4 nitrogen and oxygen atoms in total. The first-order valence-corrected chi connectivity index (χ1v) is 8.31. The molecule has 24 heavy (non-hydrogen) atoms. The van der Waals surface area contributed by atoms with E-state index < -0.39 is 9.96 Å². The molecule has 1 amide bonds. The molecule has 0 unspecified atom stereocenters. The first kappa shape index (κ1) is 18.7. The first-order valence-electron chi connectivity index (χ1n) is 7.18. The van der Waals surface area contributed by atoms with E-state index in [1.807, 2.05) is 42.5 Å². The van der Waals surface area contributed by atoms with Crippen molar-refractivity contribution >= 4 is 46.8 Å². The summed E-state index contributed by atoms with van der Waals surface area (Å²) in [6.45, 7) is 0.398. The van der Waals surface area contributed by atoms with E-state index in [0.717, 1.165) is 11.1 Å². The SMILES string of the molecule is O=C(/C=C/c1ccccc1)N[C@@H](NCc1cccnc1)C(Cl)(Cl)Cl. The summed E-state index contributed by atoms with van der Waals surface area (Å²) >= 11 is 17.8. The van der Waals surface area contributed by atoms with E-state index in [0.29, 0.717) is 6.54 Å². The highest BCUT2D eigenvalue weighted by Crippen LogP contribution is 2.29. The second kappa shape index (κ2) is 9.04. The number of amides is 1. The van der Waals surface area contributed by atoms with Crippen molar-refractivity contribution in [3.63, 3.8) is 0 Å². The fourth-order valence-electron chi connectivity index (χ4n) is 1.90. The Bertz CT molecular complexity index is 672. The topological polar surface area (TPSA) is 54.0 Å². The van der Waals surface area contributed by atoms with Crippen molar-refractivity contribution in [2.75, 3.05) is 0 Å². The molecule has 2 rings (SSSR count). The number of pyridine rings is 1. The Balaban J connectivity index is 1.95. The van der Waals surface area contributed by atoms with Crippen LogP contribution < -0.4 is 10.6 Å². The van der Waals surface area contributed by atoms with Crippen LogP contribution in [0.3, 0.4) is 0 Å². The van der Waals surface area contributed by atoms with E-state index in [4.69, 9.17) is 34.8 Å². The second-order valence-corrected chi connectivity index (χ2v) is 7.34. The summed E-state index contributed by atoms with van der Waals surface area (Å²) in [4.78, 5) is 16.1. The number of benzene rings is 1. The van der Waals surface area contributed by atoms with E-state index >= 15 is 0 Å². The minimum absolute atomic E-state index is 0.367. The van der Waals surface area contributed by atoms with Crippen LogP contribution in [0.1, 0.15) is 11.1 Å². The maximum Gasteiger partial charge on any atom is 0.245 e. The number of hydrogen-bond acceptors (Lipinski definition) is 3. The van der Waals surface area contributed by atoms with E-state index in [1.165, 1.54) is 6.08 Å². The number of nitrogens with zero attached hydrogens (tertiary/aromatic N) is 1. The molecule has 1 aromatic heterocycles. The van der Waals surface area contributed by atoms with Gasteiger partial charge in [0.1, 0.15) is 6.17 Å². The molecule has 0 radical (unpaired) electrons. The average molecular weight is 385 g/mol. The Morgan fingerprint density at radius 3 is 2.54 bits per heavy atom. The van der Waals surface area contributed by atoms with Crippen LogP contribution in [-0.4, -0.2) is 20.8 Å². The normalized spacial score (nSPS) is 13.0. The van der Waals surface area contributed by atoms with Crippen molar-refractivity contribution in [2.45, 2.75) is 16.5 Å². The highest BCUT2D eigenvalue weighted by molar-refractivity contribution is 6.68. The Hall–Kier alpha value is -1.59. The molecule has 1 heterocycles. The number of hydrogen-bond donors (Lipinski definition) is 2. The molecule has 2 aromatic rings. The van der Waals surface area contributed by atoms with Gasteiger partial charge in [0.25, 0.3) is 0 Å². The van der Waals surface area contributed by atoms with Gasteiger partial charge in [-0.2, -0.15) is 0 Å². The second-order valence-electron chi connectivity index (χ2n) is 4.97. The minimum Gasteiger partial charge on any atom is -0.333 e. The molecule has 2 N–H and O–H groups in total. The number of nitrogens with one attached hydrogen (secondary N) is 2. The van der Waals surface area contributed by atoms with E-state index in [-0.39, 0.29) is 5.91 Å². The standard InChI is InChI=1S/C17H16Cl3N3O/c18-17(19,20)16(22-12-14-7-4-10-21-11-14)23-15(24)9-8-13-5-2-1-3-6-13/h1-11,16,22H,12H2,(H,23,24)/b9-8+/t16-/m1/s1. The maximum atomic E-state index is 12.1. The molecule has 0 saturated carbocycles. The molecule has 1 aromatic carbocycles. The monoisotopic (exact) mass is 383 g/mol. The summed E-state index contributed by atoms with van der Waals surface area (Å²) in [5, 5.41) is 5.65. The molecular formula is C17H16Cl3N3O. The molecule has 7 heteroatoms. The van der Waals surface area contributed by atoms with E-state index in [9.17, 15) is 4.79 Å². The number of carbonyl (C=O) groups is 1. The Kier molecular flexibility index (Phi) is 7.06. The Morgan fingerprint density at radius 2 is 1.92 bits per heavy atom. The van der Waals surface area contributed by atoms with Gasteiger partial charge in [0, 0.05) is 25.0 Å². The number of halogens is 3. The van der Waals surface area contributed by atoms with E-state index in [2.05, 4.69) is 15.6 Å².